The highest BCUT2D eigenvalue weighted by atomic mass is 16.6. The fourth-order valence-corrected chi connectivity index (χ4v) is 3.56. The Morgan fingerprint density at radius 3 is 2.24 bits per heavy atom. The molecular formula is C23H21NO. The molecule has 4 rings (SSSR count). The summed E-state index contributed by atoms with van der Waals surface area (Å²) in [6.45, 7) is 0. The van der Waals surface area contributed by atoms with Crippen LogP contribution in [0, 0.1) is 0 Å². The Labute approximate surface area is 148 Å². The average Bonchev–Trinajstić information content (AvgIpc) is 2.68. The summed E-state index contributed by atoms with van der Waals surface area (Å²) in [6.07, 6.45) is 5.47. The van der Waals surface area contributed by atoms with Crippen LogP contribution in [0.15, 0.2) is 78.0 Å². The number of benzene rings is 3. The van der Waals surface area contributed by atoms with Gasteiger partial charge in [0, 0.05) is 5.57 Å². The number of rotatable bonds is 3. The Kier molecular flexibility index (Phi) is 4.34. The van der Waals surface area contributed by atoms with E-state index in [9.17, 15) is 0 Å². The van der Waals surface area contributed by atoms with Crippen LogP contribution in [0.5, 0.6) is 0 Å². The van der Waals surface area contributed by atoms with E-state index in [-0.39, 0.29) is 0 Å². The lowest BCUT2D eigenvalue weighted by Gasteiger charge is -2.19. The number of fused-ring (bicyclic) bond motifs is 1. The lowest BCUT2D eigenvalue weighted by molar-refractivity contribution is 0.213. The van der Waals surface area contributed by atoms with Crippen molar-refractivity contribution in [1.29, 1.82) is 0 Å². The van der Waals surface area contributed by atoms with Crippen LogP contribution < -0.4 is 0 Å². The van der Waals surface area contributed by atoms with E-state index < -0.39 is 0 Å². The Morgan fingerprint density at radius 2 is 1.52 bits per heavy atom. The largest absolute Gasteiger partial charge is 0.399 e. The first-order valence-corrected chi connectivity index (χ1v) is 8.76. The van der Waals surface area contributed by atoms with Gasteiger partial charge in [0.15, 0.2) is 0 Å². The zero-order valence-electron chi connectivity index (χ0n) is 14.4. The molecule has 0 radical (unpaired) electrons. The Balaban J connectivity index is 1.98. The molecule has 0 aromatic heterocycles. The first-order valence-electron chi connectivity index (χ1n) is 8.76. The van der Waals surface area contributed by atoms with Crippen LogP contribution in [0.4, 0.5) is 0 Å². The van der Waals surface area contributed by atoms with E-state index in [0.717, 1.165) is 25.0 Å². The molecule has 0 aliphatic heterocycles. The highest BCUT2D eigenvalue weighted by Gasteiger charge is 2.19. The van der Waals surface area contributed by atoms with Gasteiger partial charge in [-0.3, -0.25) is 0 Å². The first kappa shape index (κ1) is 15.6. The SMILES string of the molecule is CON=C1CCCC=C1c1cc2ccccc2cc1-c1ccccc1. The van der Waals surface area contributed by atoms with Crippen molar-refractivity contribution in [2.45, 2.75) is 19.3 Å². The van der Waals surface area contributed by atoms with Gasteiger partial charge in [0.05, 0.1) is 5.71 Å². The predicted octanol–water partition coefficient (Wildman–Crippen LogP) is 6.08. The van der Waals surface area contributed by atoms with Crippen LogP contribution in [-0.2, 0) is 4.84 Å². The smallest absolute Gasteiger partial charge is 0.106 e. The molecule has 0 atom stereocenters. The van der Waals surface area contributed by atoms with Crippen LogP contribution in [0.3, 0.4) is 0 Å². The van der Waals surface area contributed by atoms with Crippen LogP contribution in [0.1, 0.15) is 24.8 Å². The summed E-state index contributed by atoms with van der Waals surface area (Å²) in [7, 11) is 1.62. The van der Waals surface area contributed by atoms with Gasteiger partial charge in [-0.05, 0) is 58.9 Å². The van der Waals surface area contributed by atoms with Crippen molar-refractivity contribution in [2.75, 3.05) is 7.11 Å². The minimum Gasteiger partial charge on any atom is -0.399 e. The minimum atomic E-state index is 0.959. The van der Waals surface area contributed by atoms with Gasteiger partial charge in [-0.25, -0.2) is 0 Å². The maximum atomic E-state index is 5.11. The molecule has 124 valence electrons. The number of hydrogen-bond donors (Lipinski definition) is 0. The van der Waals surface area contributed by atoms with Crippen molar-refractivity contribution >= 4 is 22.1 Å². The second-order valence-electron chi connectivity index (χ2n) is 6.34. The Hall–Kier alpha value is -2.87. The van der Waals surface area contributed by atoms with Crippen molar-refractivity contribution in [1.82, 2.24) is 0 Å². The fraction of sp³-hybridized carbons (Fsp3) is 0.174. The summed E-state index contributed by atoms with van der Waals surface area (Å²) in [6, 6.07) is 23.7. The van der Waals surface area contributed by atoms with Crippen LogP contribution >= 0.6 is 0 Å². The molecule has 3 aromatic carbocycles. The van der Waals surface area contributed by atoms with Crippen molar-refractivity contribution in [3.05, 3.63) is 78.4 Å². The topological polar surface area (TPSA) is 21.6 Å². The third kappa shape index (κ3) is 3.08. The number of oxime groups is 1. The van der Waals surface area contributed by atoms with E-state index in [1.165, 1.54) is 33.0 Å². The van der Waals surface area contributed by atoms with E-state index in [2.05, 4.69) is 78.0 Å². The fourth-order valence-electron chi connectivity index (χ4n) is 3.56. The zero-order valence-corrected chi connectivity index (χ0v) is 14.4. The third-order valence-corrected chi connectivity index (χ3v) is 4.74. The minimum absolute atomic E-state index is 0.959. The van der Waals surface area contributed by atoms with E-state index in [1.54, 1.807) is 7.11 Å². The summed E-state index contributed by atoms with van der Waals surface area (Å²) in [5, 5.41) is 6.81. The van der Waals surface area contributed by atoms with E-state index in [1.807, 2.05) is 0 Å². The van der Waals surface area contributed by atoms with E-state index in [4.69, 9.17) is 4.84 Å². The van der Waals surface area contributed by atoms with Crippen molar-refractivity contribution in [3.8, 4) is 11.1 Å². The summed E-state index contributed by atoms with van der Waals surface area (Å²) < 4.78 is 0. The maximum Gasteiger partial charge on any atom is 0.106 e. The van der Waals surface area contributed by atoms with Crippen LogP contribution in [0.25, 0.3) is 27.5 Å². The van der Waals surface area contributed by atoms with Gasteiger partial charge in [0.25, 0.3) is 0 Å². The van der Waals surface area contributed by atoms with Gasteiger partial charge in [-0.15, -0.1) is 0 Å². The monoisotopic (exact) mass is 327 g/mol. The second kappa shape index (κ2) is 6.94. The molecule has 0 fully saturated rings. The average molecular weight is 327 g/mol. The summed E-state index contributed by atoms with van der Waals surface area (Å²) >= 11 is 0. The van der Waals surface area contributed by atoms with E-state index >= 15 is 0 Å². The summed E-state index contributed by atoms with van der Waals surface area (Å²) in [5.74, 6) is 0. The van der Waals surface area contributed by atoms with Gasteiger partial charge >= 0.3 is 0 Å². The molecule has 2 heteroatoms. The molecule has 25 heavy (non-hydrogen) atoms. The molecular weight excluding hydrogens is 306 g/mol. The summed E-state index contributed by atoms with van der Waals surface area (Å²) in [5.41, 5.74) is 5.96. The molecule has 0 amide bonds. The number of nitrogens with zero attached hydrogens (tertiary/aromatic N) is 1. The van der Waals surface area contributed by atoms with E-state index in [0.29, 0.717) is 0 Å². The zero-order chi connectivity index (χ0) is 17.1. The molecule has 3 aromatic rings. The van der Waals surface area contributed by atoms with Gasteiger partial charge in [-0.2, -0.15) is 0 Å². The Morgan fingerprint density at radius 1 is 0.840 bits per heavy atom. The van der Waals surface area contributed by atoms with Crippen LogP contribution in [0.2, 0.25) is 0 Å². The first-order chi connectivity index (χ1) is 12.4. The second-order valence-corrected chi connectivity index (χ2v) is 6.34. The normalized spacial score (nSPS) is 16.0. The van der Waals surface area contributed by atoms with Crippen molar-refractivity contribution in [2.24, 2.45) is 5.16 Å². The summed E-state index contributed by atoms with van der Waals surface area (Å²) in [4.78, 5) is 5.11. The van der Waals surface area contributed by atoms with Crippen molar-refractivity contribution < 1.29 is 4.84 Å². The Bertz CT molecular complexity index is 954. The highest BCUT2D eigenvalue weighted by molar-refractivity contribution is 6.26. The molecule has 2 nitrogen and oxygen atoms in total. The number of hydrogen-bond acceptors (Lipinski definition) is 2. The van der Waals surface area contributed by atoms with Gasteiger partial charge in [0.1, 0.15) is 7.11 Å². The van der Waals surface area contributed by atoms with Gasteiger partial charge < -0.3 is 4.84 Å². The molecule has 0 spiro atoms. The maximum absolute atomic E-state index is 5.11. The van der Waals surface area contributed by atoms with Crippen LogP contribution in [-0.4, -0.2) is 12.8 Å². The molecule has 0 bridgehead atoms. The highest BCUT2D eigenvalue weighted by Crippen LogP contribution is 2.36. The molecule has 1 aliphatic rings. The molecule has 0 heterocycles. The lowest BCUT2D eigenvalue weighted by Crippen LogP contribution is -2.08. The molecule has 1 aliphatic carbocycles. The molecule has 0 saturated heterocycles. The van der Waals surface area contributed by atoms with Gasteiger partial charge in [-0.1, -0.05) is 65.8 Å². The lowest BCUT2D eigenvalue weighted by atomic mass is 9.85. The third-order valence-electron chi connectivity index (χ3n) is 4.74. The predicted molar refractivity (Wildman–Crippen MR) is 106 cm³/mol. The molecule has 0 saturated carbocycles. The van der Waals surface area contributed by atoms with Gasteiger partial charge in [0.2, 0.25) is 0 Å². The quantitative estimate of drug-likeness (QED) is 0.534. The van der Waals surface area contributed by atoms with Crippen molar-refractivity contribution in [3.63, 3.8) is 0 Å². The molecule has 0 unspecified atom stereocenters. The number of allylic oxidation sites excluding steroid dienone is 2. The molecule has 0 N–H and O–H groups in total. The standard InChI is InChI=1S/C23H21NO/c1-25-24-23-14-8-7-13-20(23)22-16-19-12-6-5-11-18(19)15-21(22)17-9-3-2-4-10-17/h2-6,9-13,15-16H,7-8,14H2,1H3.